The summed E-state index contributed by atoms with van der Waals surface area (Å²) in [4.78, 5) is 6.75. The van der Waals surface area contributed by atoms with E-state index >= 15 is 0 Å². The largest absolute Gasteiger partial charge is 0.376 e. The van der Waals surface area contributed by atoms with Crippen molar-refractivity contribution < 1.29 is 9.13 Å². The van der Waals surface area contributed by atoms with E-state index in [1.807, 2.05) is 13.0 Å². The second kappa shape index (κ2) is 11.1. The maximum Gasteiger partial charge on any atom is 0.191 e. The Morgan fingerprint density at radius 2 is 2.03 bits per heavy atom. The second-order valence-electron chi connectivity index (χ2n) is 7.91. The van der Waals surface area contributed by atoms with Crippen molar-refractivity contribution in [3.8, 4) is 0 Å². The zero-order chi connectivity index (χ0) is 21.3. The fourth-order valence-electron chi connectivity index (χ4n) is 3.79. The number of aliphatic imine (C=N–C) groups is 1. The summed E-state index contributed by atoms with van der Waals surface area (Å²) in [5, 5.41) is 6.72. The lowest BCUT2D eigenvalue weighted by molar-refractivity contribution is -0.0212. The van der Waals surface area contributed by atoms with Crippen LogP contribution >= 0.6 is 0 Å². The number of halogens is 1. The molecule has 1 fully saturated rings. The highest BCUT2D eigenvalue weighted by Gasteiger charge is 2.16. The quantitative estimate of drug-likeness (QED) is 0.541. The maximum absolute atomic E-state index is 13.2. The van der Waals surface area contributed by atoms with Crippen LogP contribution in [0.4, 0.5) is 4.39 Å². The Kier molecular flexibility index (Phi) is 8.22. The Balaban J connectivity index is 1.46. The highest BCUT2D eigenvalue weighted by atomic mass is 19.1. The first-order valence-electron chi connectivity index (χ1n) is 10.6. The molecule has 1 aliphatic rings. The molecule has 1 saturated heterocycles. The molecule has 0 radical (unpaired) electrons. The highest BCUT2D eigenvalue weighted by Crippen LogP contribution is 2.12. The van der Waals surface area contributed by atoms with E-state index < -0.39 is 0 Å². The van der Waals surface area contributed by atoms with E-state index in [0.717, 1.165) is 56.3 Å². The molecular formula is C24H33FN4O. The van der Waals surface area contributed by atoms with E-state index in [9.17, 15) is 4.39 Å². The minimum absolute atomic E-state index is 0.188. The summed E-state index contributed by atoms with van der Waals surface area (Å²) in [5.74, 6) is 0.578. The molecule has 2 aromatic carbocycles. The van der Waals surface area contributed by atoms with Gasteiger partial charge in [-0.25, -0.2) is 4.39 Å². The molecule has 1 unspecified atom stereocenters. The average molecular weight is 413 g/mol. The Labute approximate surface area is 179 Å². The van der Waals surface area contributed by atoms with Crippen LogP contribution in [0.25, 0.3) is 0 Å². The van der Waals surface area contributed by atoms with Gasteiger partial charge in [0.25, 0.3) is 0 Å². The molecule has 6 heteroatoms. The molecule has 2 aromatic rings. The van der Waals surface area contributed by atoms with Crippen LogP contribution in [0.15, 0.2) is 47.5 Å². The minimum Gasteiger partial charge on any atom is -0.376 e. The Morgan fingerprint density at radius 1 is 1.20 bits per heavy atom. The highest BCUT2D eigenvalue weighted by molar-refractivity contribution is 5.79. The minimum atomic E-state index is -0.188. The summed E-state index contributed by atoms with van der Waals surface area (Å²) in [5.41, 5.74) is 4.67. The number of hydrogen-bond donors (Lipinski definition) is 2. The number of nitrogens with one attached hydrogen (secondary N) is 2. The van der Waals surface area contributed by atoms with Crippen molar-refractivity contribution in [3.05, 3.63) is 70.5 Å². The third-order valence-electron chi connectivity index (χ3n) is 5.40. The van der Waals surface area contributed by atoms with Gasteiger partial charge in [-0.2, -0.15) is 0 Å². The number of guanidine groups is 1. The Morgan fingerprint density at radius 3 is 2.80 bits per heavy atom. The van der Waals surface area contributed by atoms with Crippen LogP contribution in [-0.4, -0.2) is 50.3 Å². The molecule has 0 spiro atoms. The van der Waals surface area contributed by atoms with Gasteiger partial charge in [0, 0.05) is 39.8 Å². The van der Waals surface area contributed by atoms with Crippen molar-refractivity contribution in [2.45, 2.75) is 39.5 Å². The molecule has 1 aliphatic heterocycles. The van der Waals surface area contributed by atoms with Crippen LogP contribution in [0.3, 0.4) is 0 Å². The zero-order valence-corrected chi connectivity index (χ0v) is 18.2. The molecule has 1 atom stereocenters. The molecule has 0 amide bonds. The number of ether oxygens (including phenoxy) is 1. The summed E-state index contributed by atoms with van der Waals surface area (Å²) in [6.45, 7) is 9.24. The summed E-state index contributed by atoms with van der Waals surface area (Å²) < 4.78 is 18.9. The zero-order valence-electron chi connectivity index (χ0n) is 18.2. The van der Waals surface area contributed by atoms with Crippen LogP contribution in [0.2, 0.25) is 0 Å². The van der Waals surface area contributed by atoms with E-state index in [1.54, 1.807) is 13.1 Å². The van der Waals surface area contributed by atoms with Crippen molar-refractivity contribution in [3.63, 3.8) is 0 Å². The van der Waals surface area contributed by atoms with Crippen molar-refractivity contribution in [1.29, 1.82) is 0 Å². The standard InChI is InChI=1S/C24H33FN4O/c1-18-13-23(25)8-7-22(18)9-10-27-24(26-3)28-15-20-5-4-6-21(14-20)17-29-11-12-30-19(2)16-29/h4-8,13-14,19H,9-12,15-17H2,1-3H3,(H2,26,27,28). The Bertz CT molecular complexity index is 855. The van der Waals surface area contributed by atoms with Gasteiger partial charge in [0.15, 0.2) is 5.96 Å². The van der Waals surface area contributed by atoms with Gasteiger partial charge in [0.1, 0.15) is 5.82 Å². The van der Waals surface area contributed by atoms with Gasteiger partial charge in [-0.1, -0.05) is 30.3 Å². The van der Waals surface area contributed by atoms with Crippen molar-refractivity contribution in [1.82, 2.24) is 15.5 Å². The van der Waals surface area contributed by atoms with Gasteiger partial charge in [-0.15, -0.1) is 0 Å². The van der Waals surface area contributed by atoms with Gasteiger partial charge in [0.2, 0.25) is 0 Å². The van der Waals surface area contributed by atoms with E-state index in [2.05, 4.69) is 51.7 Å². The van der Waals surface area contributed by atoms with Crippen LogP contribution in [-0.2, 0) is 24.2 Å². The number of rotatable bonds is 7. The molecule has 0 aromatic heterocycles. The first kappa shape index (κ1) is 22.2. The van der Waals surface area contributed by atoms with Gasteiger partial charge >= 0.3 is 0 Å². The normalized spacial score (nSPS) is 17.7. The van der Waals surface area contributed by atoms with Gasteiger partial charge in [-0.3, -0.25) is 9.89 Å². The molecule has 162 valence electrons. The van der Waals surface area contributed by atoms with E-state index in [0.29, 0.717) is 12.6 Å². The predicted molar refractivity (Wildman–Crippen MR) is 120 cm³/mol. The molecular weight excluding hydrogens is 379 g/mol. The molecule has 0 aliphatic carbocycles. The van der Waals surface area contributed by atoms with Crippen LogP contribution in [0.5, 0.6) is 0 Å². The predicted octanol–water partition coefficient (Wildman–Crippen LogP) is 3.26. The van der Waals surface area contributed by atoms with E-state index in [1.165, 1.54) is 17.2 Å². The smallest absolute Gasteiger partial charge is 0.191 e. The molecule has 30 heavy (non-hydrogen) atoms. The lowest BCUT2D eigenvalue weighted by Crippen LogP contribution is -2.40. The topological polar surface area (TPSA) is 48.9 Å². The first-order valence-corrected chi connectivity index (χ1v) is 10.6. The molecule has 2 N–H and O–H groups in total. The molecule has 3 rings (SSSR count). The summed E-state index contributed by atoms with van der Waals surface area (Å²) in [7, 11) is 1.77. The number of benzene rings is 2. The molecule has 0 bridgehead atoms. The van der Waals surface area contributed by atoms with Gasteiger partial charge < -0.3 is 15.4 Å². The third kappa shape index (κ3) is 6.82. The van der Waals surface area contributed by atoms with E-state index in [-0.39, 0.29) is 5.82 Å². The monoisotopic (exact) mass is 412 g/mol. The van der Waals surface area contributed by atoms with Crippen molar-refractivity contribution in [2.24, 2.45) is 4.99 Å². The summed E-state index contributed by atoms with van der Waals surface area (Å²) in [6.07, 6.45) is 1.12. The maximum atomic E-state index is 13.2. The number of nitrogens with zero attached hydrogens (tertiary/aromatic N) is 2. The first-order chi connectivity index (χ1) is 14.5. The SMILES string of the molecule is CN=C(NCCc1ccc(F)cc1C)NCc1cccc(CN2CCOC(C)C2)c1. The van der Waals surface area contributed by atoms with Crippen LogP contribution in [0.1, 0.15) is 29.2 Å². The van der Waals surface area contributed by atoms with Gasteiger partial charge in [0.05, 0.1) is 12.7 Å². The number of aryl methyl sites for hydroxylation is 1. The fraction of sp³-hybridized carbons (Fsp3) is 0.458. The molecule has 0 saturated carbocycles. The lowest BCUT2D eigenvalue weighted by atomic mass is 10.1. The average Bonchev–Trinajstić information content (AvgIpc) is 2.72. The second-order valence-corrected chi connectivity index (χ2v) is 7.91. The number of hydrogen-bond acceptors (Lipinski definition) is 3. The van der Waals surface area contributed by atoms with E-state index in [4.69, 9.17) is 4.74 Å². The fourth-order valence-corrected chi connectivity index (χ4v) is 3.79. The van der Waals surface area contributed by atoms with Crippen molar-refractivity contribution in [2.75, 3.05) is 33.3 Å². The molecule has 5 nitrogen and oxygen atoms in total. The van der Waals surface area contributed by atoms with Crippen LogP contribution < -0.4 is 10.6 Å². The van der Waals surface area contributed by atoms with Crippen LogP contribution in [0, 0.1) is 12.7 Å². The lowest BCUT2D eigenvalue weighted by Gasteiger charge is -2.31. The summed E-state index contributed by atoms with van der Waals surface area (Å²) in [6, 6.07) is 13.6. The number of morpholine rings is 1. The third-order valence-corrected chi connectivity index (χ3v) is 5.40. The summed E-state index contributed by atoms with van der Waals surface area (Å²) >= 11 is 0. The Hall–Kier alpha value is -2.44. The molecule has 1 heterocycles. The van der Waals surface area contributed by atoms with Gasteiger partial charge in [-0.05, 0) is 54.7 Å². The van der Waals surface area contributed by atoms with Crippen molar-refractivity contribution >= 4 is 5.96 Å².